The summed E-state index contributed by atoms with van der Waals surface area (Å²) in [5.41, 5.74) is 8.63. The van der Waals surface area contributed by atoms with Crippen LogP contribution in [0.3, 0.4) is 0 Å². The number of benzene rings is 1. The van der Waals surface area contributed by atoms with Crippen LogP contribution in [0.5, 0.6) is 0 Å². The molecule has 0 spiro atoms. The lowest BCUT2D eigenvalue weighted by atomic mass is 10.0. The zero-order valence-corrected chi connectivity index (χ0v) is 11.0. The second kappa shape index (κ2) is 4.74. The van der Waals surface area contributed by atoms with E-state index in [1.165, 1.54) is 0 Å². The van der Waals surface area contributed by atoms with Crippen LogP contribution >= 0.6 is 27.5 Å². The van der Waals surface area contributed by atoms with Crippen LogP contribution < -0.4 is 5.73 Å². The van der Waals surface area contributed by atoms with E-state index in [0.29, 0.717) is 20.9 Å². The van der Waals surface area contributed by atoms with Crippen molar-refractivity contribution in [3.8, 4) is 17.2 Å². The summed E-state index contributed by atoms with van der Waals surface area (Å²) in [4.78, 5) is 4.03. The van der Waals surface area contributed by atoms with E-state index in [4.69, 9.17) is 22.6 Å². The first-order valence-electron chi connectivity index (χ1n) is 4.73. The SMILES string of the molecule is N#Cc1cccc(-c2cnc(Cl)c(Br)c2N)c1. The first-order chi connectivity index (χ1) is 8.13. The summed E-state index contributed by atoms with van der Waals surface area (Å²) in [6.45, 7) is 0. The highest BCUT2D eigenvalue weighted by atomic mass is 79.9. The number of hydrogen-bond acceptors (Lipinski definition) is 3. The molecule has 3 nitrogen and oxygen atoms in total. The van der Waals surface area contributed by atoms with Crippen LogP contribution in [0.15, 0.2) is 34.9 Å². The molecule has 0 saturated heterocycles. The Hall–Kier alpha value is -1.57. The average molecular weight is 309 g/mol. The van der Waals surface area contributed by atoms with Crippen LogP contribution in [0.1, 0.15) is 5.56 Å². The molecule has 0 aliphatic carbocycles. The molecule has 5 heteroatoms. The van der Waals surface area contributed by atoms with E-state index in [-0.39, 0.29) is 0 Å². The molecule has 2 aromatic rings. The second-order valence-corrected chi connectivity index (χ2v) is 4.53. The van der Waals surface area contributed by atoms with Crippen molar-refractivity contribution >= 4 is 33.2 Å². The third-order valence-electron chi connectivity index (χ3n) is 2.32. The van der Waals surface area contributed by atoms with Gasteiger partial charge >= 0.3 is 0 Å². The minimum Gasteiger partial charge on any atom is -0.397 e. The third-order valence-corrected chi connectivity index (χ3v) is 3.64. The molecule has 1 aromatic carbocycles. The number of pyridine rings is 1. The van der Waals surface area contributed by atoms with Gasteiger partial charge in [-0.1, -0.05) is 23.7 Å². The normalized spacial score (nSPS) is 9.94. The molecule has 0 atom stereocenters. The Balaban J connectivity index is 2.61. The molecule has 0 unspecified atom stereocenters. The lowest BCUT2D eigenvalue weighted by Crippen LogP contribution is -1.94. The summed E-state index contributed by atoms with van der Waals surface area (Å²) >= 11 is 9.12. The molecule has 0 bridgehead atoms. The highest BCUT2D eigenvalue weighted by Gasteiger charge is 2.10. The van der Waals surface area contributed by atoms with Crippen LogP contribution in [0.4, 0.5) is 5.69 Å². The standard InChI is InChI=1S/C12H7BrClN3/c13-10-11(16)9(6-17-12(10)14)8-3-1-2-7(4-8)5-15/h1-4,6H,(H2,16,17). The number of rotatable bonds is 1. The Kier molecular flexibility index (Phi) is 3.32. The fourth-order valence-electron chi connectivity index (χ4n) is 1.46. The first-order valence-corrected chi connectivity index (χ1v) is 5.90. The number of anilines is 1. The maximum atomic E-state index is 8.85. The van der Waals surface area contributed by atoms with Crippen molar-refractivity contribution in [3.05, 3.63) is 45.7 Å². The Morgan fingerprint density at radius 1 is 1.41 bits per heavy atom. The average Bonchev–Trinajstić information content (AvgIpc) is 2.36. The predicted octanol–water partition coefficient (Wildman–Crippen LogP) is 3.62. The van der Waals surface area contributed by atoms with Crippen molar-refractivity contribution in [2.24, 2.45) is 0 Å². The summed E-state index contributed by atoms with van der Waals surface area (Å²) < 4.78 is 0.569. The Labute approximate surface area is 112 Å². The number of nitrogens with zero attached hydrogens (tertiary/aromatic N) is 2. The molecule has 17 heavy (non-hydrogen) atoms. The van der Waals surface area contributed by atoms with Crippen LogP contribution in [-0.4, -0.2) is 4.98 Å². The van der Waals surface area contributed by atoms with Gasteiger partial charge in [0.15, 0.2) is 0 Å². The van der Waals surface area contributed by atoms with Gasteiger partial charge in [0.05, 0.1) is 21.8 Å². The molecule has 2 rings (SSSR count). The number of hydrogen-bond donors (Lipinski definition) is 1. The Morgan fingerprint density at radius 2 is 2.18 bits per heavy atom. The zero-order chi connectivity index (χ0) is 12.4. The molecule has 1 aromatic heterocycles. The molecule has 0 aliphatic heterocycles. The number of halogens is 2. The molecule has 0 radical (unpaired) electrons. The summed E-state index contributed by atoms with van der Waals surface area (Å²) in [6, 6.07) is 9.25. The van der Waals surface area contributed by atoms with Crippen molar-refractivity contribution in [2.45, 2.75) is 0 Å². The van der Waals surface area contributed by atoms with Crippen LogP contribution in [0.2, 0.25) is 5.15 Å². The maximum absolute atomic E-state index is 8.85. The molecular formula is C12H7BrClN3. The van der Waals surface area contributed by atoms with E-state index in [2.05, 4.69) is 27.0 Å². The van der Waals surface area contributed by atoms with Crippen molar-refractivity contribution in [1.29, 1.82) is 5.26 Å². The number of nitrogens with two attached hydrogens (primary N) is 1. The van der Waals surface area contributed by atoms with Crippen LogP contribution in [-0.2, 0) is 0 Å². The highest BCUT2D eigenvalue weighted by molar-refractivity contribution is 9.10. The predicted molar refractivity (Wildman–Crippen MR) is 71.5 cm³/mol. The molecule has 84 valence electrons. The van der Waals surface area contributed by atoms with Gasteiger partial charge in [0.25, 0.3) is 0 Å². The highest BCUT2D eigenvalue weighted by Crippen LogP contribution is 2.35. The van der Waals surface area contributed by atoms with Gasteiger partial charge in [-0.05, 0) is 33.6 Å². The van der Waals surface area contributed by atoms with Gasteiger partial charge in [-0.15, -0.1) is 0 Å². The molecule has 0 fully saturated rings. The first kappa shape index (κ1) is 11.9. The van der Waals surface area contributed by atoms with Crippen molar-refractivity contribution in [3.63, 3.8) is 0 Å². The van der Waals surface area contributed by atoms with E-state index >= 15 is 0 Å². The topological polar surface area (TPSA) is 62.7 Å². The molecule has 1 heterocycles. The van der Waals surface area contributed by atoms with Crippen LogP contribution in [0.25, 0.3) is 11.1 Å². The summed E-state index contributed by atoms with van der Waals surface area (Å²) in [6.07, 6.45) is 1.60. The fourth-order valence-corrected chi connectivity index (χ4v) is 1.93. The van der Waals surface area contributed by atoms with Crippen molar-refractivity contribution < 1.29 is 0 Å². The lowest BCUT2D eigenvalue weighted by Gasteiger charge is -2.08. The van der Waals surface area contributed by atoms with Gasteiger partial charge in [0, 0.05) is 11.8 Å². The lowest BCUT2D eigenvalue weighted by molar-refractivity contribution is 1.31. The van der Waals surface area contributed by atoms with Crippen molar-refractivity contribution in [2.75, 3.05) is 5.73 Å². The minimum absolute atomic E-state index is 0.322. The van der Waals surface area contributed by atoms with E-state index in [0.717, 1.165) is 11.1 Å². The van der Waals surface area contributed by atoms with Gasteiger partial charge < -0.3 is 5.73 Å². The van der Waals surface area contributed by atoms with Gasteiger partial charge in [-0.3, -0.25) is 0 Å². The molecule has 0 saturated carbocycles. The number of nitriles is 1. The largest absolute Gasteiger partial charge is 0.397 e. The van der Waals surface area contributed by atoms with E-state index in [1.54, 1.807) is 24.4 Å². The Bertz CT molecular complexity index is 620. The molecule has 0 amide bonds. The zero-order valence-electron chi connectivity index (χ0n) is 8.61. The quantitative estimate of drug-likeness (QED) is 0.818. The summed E-state index contributed by atoms with van der Waals surface area (Å²) in [5, 5.41) is 9.17. The van der Waals surface area contributed by atoms with Crippen LogP contribution in [0, 0.1) is 11.3 Å². The second-order valence-electron chi connectivity index (χ2n) is 3.38. The van der Waals surface area contributed by atoms with Gasteiger partial charge in [0.2, 0.25) is 0 Å². The Morgan fingerprint density at radius 3 is 2.88 bits per heavy atom. The monoisotopic (exact) mass is 307 g/mol. The molecular weight excluding hydrogens is 302 g/mol. The van der Waals surface area contributed by atoms with Crippen molar-refractivity contribution in [1.82, 2.24) is 4.98 Å². The minimum atomic E-state index is 0.322. The summed E-state index contributed by atoms with van der Waals surface area (Å²) in [7, 11) is 0. The molecule has 0 aliphatic rings. The van der Waals surface area contributed by atoms with E-state index in [9.17, 15) is 0 Å². The van der Waals surface area contributed by atoms with E-state index < -0.39 is 0 Å². The number of nitrogen functional groups attached to an aromatic ring is 1. The third kappa shape index (κ3) is 2.26. The molecule has 2 N–H and O–H groups in total. The smallest absolute Gasteiger partial charge is 0.145 e. The van der Waals surface area contributed by atoms with Gasteiger partial charge in [-0.2, -0.15) is 5.26 Å². The maximum Gasteiger partial charge on any atom is 0.145 e. The summed E-state index contributed by atoms with van der Waals surface area (Å²) in [5.74, 6) is 0. The van der Waals surface area contributed by atoms with Gasteiger partial charge in [0.1, 0.15) is 5.15 Å². The number of aromatic nitrogens is 1. The fraction of sp³-hybridized carbons (Fsp3) is 0. The van der Waals surface area contributed by atoms with Gasteiger partial charge in [-0.25, -0.2) is 4.98 Å². The van der Waals surface area contributed by atoms with E-state index in [1.807, 2.05) is 6.07 Å².